The van der Waals surface area contributed by atoms with Gasteiger partial charge in [-0.3, -0.25) is 4.79 Å². The van der Waals surface area contributed by atoms with Crippen molar-refractivity contribution in [3.05, 3.63) is 30.2 Å². The number of fused-ring (bicyclic) bond motifs is 1. The van der Waals surface area contributed by atoms with Gasteiger partial charge in [-0.1, -0.05) is 0 Å². The fourth-order valence-electron chi connectivity index (χ4n) is 1.62. The van der Waals surface area contributed by atoms with Crippen LogP contribution >= 0.6 is 0 Å². The van der Waals surface area contributed by atoms with Crippen molar-refractivity contribution in [3.63, 3.8) is 0 Å². The predicted octanol–water partition coefficient (Wildman–Crippen LogP) is -0.740. The summed E-state index contributed by atoms with van der Waals surface area (Å²) in [4.78, 5) is 14.8. The van der Waals surface area contributed by atoms with E-state index in [1.165, 1.54) is 17.6 Å². The summed E-state index contributed by atoms with van der Waals surface area (Å²) < 4.78 is 1.50. The van der Waals surface area contributed by atoms with E-state index in [2.05, 4.69) is 15.4 Å². The Kier molecular flexibility index (Phi) is 3.54. The molecule has 0 aromatic carbocycles. The number of aliphatic hydroxyl groups excluding tert-OH is 2. The number of hydrogen-bond donors (Lipinski definition) is 3. The fourth-order valence-corrected chi connectivity index (χ4v) is 1.62. The minimum atomic E-state index is -1.15. The number of amides is 1. The second kappa shape index (κ2) is 5.11. The zero-order chi connectivity index (χ0) is 13.1. The first-order valence-corrected chi connectivity index (χ1v) is 5.48. The van der Waals surface area contributed by atoms with Crippen molar-refractivity contribution >= 4 is 11.6 Å². The first-order valence-electron chi connectivity index (χ1n) is 5.48. The van der Waals surface area contributed by atoms with E-state index in [-0.39, 0.29) is 12.5 Å². The number of aliphatic hydroxyl groups is 2. The lowest BCUT2D eigenvalue weighted by molar-refractivity contribution is -0.119. The van der Waals surface area contributed by atoms with Gasteiger partial charge in [-0.05, 0) is 6.07 Å². The molecule has 7 heteroatoms. The average molecular weight is 250 g/mol. The van der Waals surface area contributed by atoms with Crippen molar-refractivity contribution in [2.75, 3.05) is 6.54 Å². The van der Waals surface area contributed by atoms with Crippen LogP contribution in [0.5, 0.6) is 0 Å². The number of rotatable bonds is 4. The summed E-state index contributed by atoms with van der Waals surface area (Å²) >= 11 is 0. The van der Waals surface area contributed by atoms with Crippen LogP contribution in [0.15, 0.2) is 24.7 Å². The second-order valence-corrected chi connectivity index (χ2v) is 3.94. The summed E-state index contributed by atoms with van der Waals surface area (Å²) in [7, 11) is 0. The van der Waals surface area contributed by atoms with Gasteiger partial charge in [0.05, 0.1) is 6.20 Å². The number of nitrogens with one attached hydrogen (secondary N) is 1. The minimum Gasteiger partial charge on any atom is -0.388 e. The van der Waals surface area contributed by atoms with Gasteiger partial charge >= 0.3 is 0 Å². The SMILES string of the molecule is CC(=O)NCC(O)C(O)c1cnn2cccnc12. The highest BCUT2D eigenvalue weighted by atomic mass is 16.3. The molecule has 2 aromatic heterocycles. The summed E-state index contributed by atoms with van der Waals surface area (Å²) in [6.07, 6.45) is 2.46. The minimum absolute atomic E-state index is 0.0271. The van der Waals surface area contributed by atoms with Crippen molar-refractivity contribution in [2.45, 2.75) is 19.1 Å². The Morgan fingerprint density at radius 1 is 1.56 bits per heavy atom. The van der Waals surface area contributed by atoms with Gasteiger partial charge in [-0.2, -0.15) is 5.10 Å². The molecule has 2 aromatic rings. The highest BCUT2D eigenvalue weighted by molar-refractivity contribution is 5.72. The quantitative estimate of drug-likeness (QED) is 0.663. The van der Waals surface area contributed by atoms with Crippen molar-refractivity contribution in [1.29, 1.82) is 0 Å². The molecule has 0 saturated carbocycles. The van der Waals surface area contributed by atoms with E-state index in [0.29, 0.717) is 11.2 Å². The number of carbonyl (C=O) groups is 1. The van der Waals surface area contributed by atoms with Crippen LogP contribution in [-0.2, 0) is 4.79 Å². The number of carbonyl (C=O) groups excluding carboxylic acids is 1. The largest absolute Gasteiger partial charge is 0.388 e. The van der Waals surface area contributed by atoms with Crippen molar-refractivity contribution in [1.82, 2.24) is 19.9 Å². The monoisotopic (exact) mass is 250 g/mol. The molecule has 0 aliphatic rings. The lowest BCUT2D eigenvalue weighted by Gasteiger charge is -2.16. The first-order chi connectivity index (χ1) is 8.59. The molecule has 3 N–H and O–H groups in total. The maximum Gasteiger partial charge on any atom is 0.216 e. The van der Waals surface area contributed by atoms with Crippen LogP contribution < -0.4 is 5.32 Å². The molecule has 0 aliphatic heterocycles. The van der Waals surface area contributed by atoms with Crippen LogP contribution in [0.3, 0.4) is 0 Å². The van der Waals surface area contributed by atoms with Gasteiger partial charge in [0.25, 0.3) is 0 Å². The van der Waals surface area contributed by atoms with Gasteiger partial charge in [0, 0.05) is 31.4 Å². The maximum atomic E-state index is 10.7. The Labute approximate surface area is 103 Å². The topological polar surface area (TPSA) is 99.8 Å². The highest BCUT2D eigenvalue weighted by Gasteiger charge is 2.22. The first kappa shape index (κ1) is 12.5. The smallest absolute Gasteiger partial charge is 0.216 e. The van der Waals surface area contributed by atoms with E-state index in [4.69, 9.17) is 0 Å². The van der Waals surface area contributed by atoms with E-state index >= 15 is 0 Å². The van der Waals surface area contributed by atoms with Crippen LogP contribution in [0.25, 0.3) is 5.65 Å². The van der Waals surface area contributed by atoms with Gasteiger partial charge in [0.2, 0.25) is 5.91 Å². The third-order valence-electron chi connectivity index (χ3n) is 2.55. The van der Waals surface area contributed by atoms with Gasteiger partial charge in [-0.25, -0.2) is 9.50 Å². The van der Waals surface area contributed by atoms with Gasteiger partial charge in [0.1, 0.15) is 12.2 Å². The molecule has 2 unspecified atom stereocenters. The number of hydrogen-bond acceptors (Lipinski definition) is 5. The molecule has 0 aliphatic carbocycles. The summed E-state index contributed by atoms with van der Waals surface area (Å²) in [5.74, 6) is -0.265. The third-order valence-corrected chi connectivity index (χ3v) is 2.55. The molecule has 96 valence electrons. The molecular weight excluding hydrogens is 236 g/mol. The molecule has 0 saturated heterocycles. The van der Waals surface area contributed by atoms with Crippen LogP contribution in [-0.4, -0.2) is 43.4 Å². The molecule has 0 fully saturated rings. The third kappa shape index (κ3) is 2.47. The summed E-state index contributed by atoms with van der Waals surface area (Å²) in [6, 6.07) is 1.71. The predicted molar refractivity (Wildman–Crippen MR) is 62.6 cm³/mol. The number of nitrogens with zero attached hydrogens (tertiary/aromatic N) is 3. The normalized spacial score (nSPS) is 14.4. The fraction of sp³-hybridized carbons (Fsp3) is 0.364. The van der Waals surface area contributed by atoms with Crippen LogP contribution in [0, 0.1) is 0 Å². The Balaban J connectivity index is 2.17. The molecule has 18 heavy (non-hydrogen) atoms. The summed E-state index contributed by atoms with van der Waals surface area (Å²) in [5, 5.41) is 26.2. The average Bonchev–Trinajstić information content (AvgIpc) is 2.78. The van der Waals surface area contributed by atoms with E-state index in [0.717, 1.165) is 0 Å². The molecular formula is C11H14N4O3. The molecule has 2 atom stereocenters. The van der Waals surface area contributed by atoms with Crippen LogP contribution in [0.2, 0.25) is 0 Å². The Morgan fingerprint density at radius 2 is 2.33 bits per heavy atom. The molecule has 0 spiro atoms. The van der Waals surface area contributed by atoms with Gasteiger partial charge < -0.3 is 15.5 Å². The van der Waals surface area contributed by atoms with Crippen LogP contribution in [0.1, 0.15) is 18.6 Å². The zero-order valence-electron chi connectivity index (χ0n) is 9.82. The molecule has 7 nitrogen and oxygen atoms in total. The molecule has 0 bridgehead atoms. The lowest BCUT2D eigenvalue weighted by atomic mass is 10.1. The summed E-state index contributed by atoms with van der Waals surface area (Å²) in [5.41, 5.74) is 0.903. The maximum absolute atomic E-state index is 10.7. The van der Waals surface area contributed by atoms with E-state index in [9.17, 15) is 15.0 Å². The van der Waals surface area contributed by atoms with E-state index in [1.54, 1.807) is 18.5 Å². The Hall–Kier alpha value is -1.99. The van der Waals surface area contributed by atoms with Crippen molar-refractivity contribution < 1.29 is 15.0 Å². The highest BCUT2D eigenvalue weighted by Crippen LogP contribution is 2.19. The van der Waals surface area contributed by atoms with Crippen LogP contribution in [0.4, 0.5) is 0 Å². The Morgan fingerprint density at radius 3 is 3.06 bits per heavy atom. The van der Waals surface area contributed by atoms with E-state index in [1.807, 2.05) is 0 Å². The standard InChI is InChI=1S/C11H14N4O3/c1-7(16)13-6-9(17)10(18)8-5-14-15-4-2-3-12-11(8)15/h2-5,9-10,17-18H,6H2,1H3,(H,13,16). The van der Waals surface area contributed by atoms with Gasteiger partial charge in [0.15, 0.2) is 5.65 Å². The lowest BCUT2D eigenvalue weighted by Crippen LogP contribution is -2.34. The second-order valence-electron chi connectivity index (χ2n) is 3.94. The molecule has 2 rings (SSSR count). The number of aromatic nitrogens is 3. The summed E-state index contributed by atoms with van der Waals surface area (Å²) in [6.45, 7) is 1.32. The molecule has 2 heterocycles. The molecule has 0 radical (unpaired) electrons. The molecule has 1 amide bonds. The van der Waals surface area contributed by atoms with Crippen molar-refractivity contribution in [2.24, 2.45) is 0 Å². The zero-order valence-corrected chi connectivity index (χ0v) is 9.82. The van der Waals surface area contributed by atoms with Gasteiger partial charge in [-0.15, -0.1) is 0 Å². The van der Waals surface area contributed by atoms with Crippen molar-refractivity contribution in [3.8, 4) is 0 Å². The van der Waals surface area contributed by atoms with E-state index < -0.39 is 12.2 Å². The Bertz CT molecular complexity index is 554.